The quantitative estimate of drug-likeness (QED) is 0.856. The van der Waals surface area contributed by atoms with Crippen molar-refractivity contribution in [2.75, 3.05) is 11.9 Å². The number of carbonyl (C=O) groups is 2. The molecule has 6 nitrogen and oxygen atoms in total. The highest BCUT2D eigenvalue weighted by Crippen LogP contribution is 2.30. The van der Waals surface area contributed by atoms with E-state index >= 15 is 0 Å². The molecule has 1 aliphatic rings. The SMILES string of the molecule is O=C(O)C1CCCC(C(=O)Nc2ccc(OCC(F)(F)F)nc2)C1. The van der Waals surface area contributed by atoms with Gasteiger partial charge in [-0.2, -0.15) is 13.2 Å². The van der Waals surface area contributed by atoms with Crippen molar-refractivity contribution in [3.8, 4) is 5.88 Å². The molecule has 1 heterocycles. The molecule has 2 atom stereocenters. The number of rotatable bonds is 5. The van der Waals surface area contributed by atoms with Gasteiger partial charge in [-0.15, -0.1) is 0 Å². The fourth-order valence-corrected chi connectivity index (χ4v) is 2.59. The molecule has 2 rings (SSSR count). The van der Waals surface area contributed by atoms with Crippen LogP contribution in [0.25, 0.3) is 0 Å². The number of aliphatic carboxylic acids is 1. The Balaban J connectivity index is 1.88. The standard InChI is InChI=1S/C15H17F3N2O4/c16-15(17,18)8-24-12-5-4-11(7-19-12)20-13(21)9-2-1-3-10(6-9)14(22)23/h4-5,7,9-10H,1-3,6,8H2,(H,20,21)(H,22,23). The molecule has 0 radical (unpaired) electrons. The first kappa shape index (κ1) is 18.0. The fraction of sp³-hybridized carbons (Fsp3) is 0.533. The Kier molecular flexibility index (Phi) is 5.63. The Morgan fingerprint density at radius 2 is 2.00 bits per heavy atom. The summed E-state index contributed by atoms with van der Waals surface area (Å²) >= 11 is 0. The number of aromatic nitrogens is 1. The van der Waals surface area contributed by atoms with Crippen molar-refractivity contribution in [2.45, 2.75) is 31.9 Å². The van der Waals surface area contributed by atoms with Gasteiger partial charge >= 0.3 is 12.1 Å². The largest absolute Gasteiger partial charge is 0.481 e. The van der Waals surface area contributed by atoms with E-state index in [9.17, 15) is 22.8 Å². The number of amides is 1. The van der Waals surface area contributed by atoms with E-state index in [2.05, 4.69) is 15.0 Å². The number of hydrogen-bond donors (Lipinski definition) is 2. The number of nitrogens with one attached hydrogen (secondary N) is 1. The van der Waals surface area contributed by atoms with Gasteiger partial charge in [0, 0.05) is 12.0 Å². The molecule has 132 valence electrons. The second-order valence-electron chi connectivity index (χ2n) is 5.68. The van der Waals surface area contributed by atoms with Gasteiger partial charge in [-0.25, -0.2) is 4.98 Å². The molecule has 1 saturated carbocycles. The van der Waals surface area contributed by atoms with Gasteiger partial charge in [0.05, 0.1) is 17.8 Å². The van der Waals surface area contributed by atoms with Crippen LogP contribution in [0.1, 0.15) is 25.7 Å². The van der Waals surface area contributed by atoms with Crippen molar-refractivity contribution in [1.29, 1.82) is 0 Å². The van der Waals surface area contributed by atoms with E-state index in [4.69, 9.17) is 5.11 Å². The van der Waals surface area contributed by atoms with Crippen molar-refractivity contribution in [3.05, 3.63) is 18.3 Å². The number of halogens is 3. The number of hydrogen-bond acceptors (Lipinski definition) is 4. The van der Waals surface area contributed by atoms with Crippen LogP contribution in [-0.4, -0.2) is 34.8 Å². The average molecular weight is 346 g/mol. The number of carbonyl (C=O) groups excluding carboxylic acids is 1. The number of pyridine rings is 1. The summed E-state index contributed by atoms with van der Waals surface area (Å²) in [5.74, 6) is -2.34. The highest BCUT2D eigenvalue weighted by atomic mass is 19.4. The minimum Gasteiger partial charge on any atom is -0.481 e. The molecule has 0 saturated heterocycles. The van der Waals surface area contributed by atoms with Crippen LogP contribution < -0.4 is 10.1 Å². The van der Waals surface area contributed by atoms with E-state index in [0.29, 0.717) is 24.9 Å². The molecular formula is C15H17F3N2O4. The van der Waals surface area contributed by atoms with E-state index in [1.165, 1.54) is 18.3 Å². The molecule has 1 aromatic heterocycles. The van der Waals surface area contributed by atoms with E-state index < -0.39 is 30.6 Å². The van der Waals surface area contributed by atoms with Crippen LogP contribution in [0.5, 0.6) is 5.88 Å². The van der Waals surface area contributed by atoms with Crippen LogP contribution in [0, 0.1) is 11.8 Å². The summed E-state index contributed by atoms with van der Waals surface area (Å²) in [6, 6.07) is 2.61. The number of anilines is 1. The Morgan fingerprint density at radius 1 is 1.29 bits per heavy atom. The third-order valence-electron chi connectivity index (χ3n) is 3.78. The van der Waals surface area contributed by atoms with Gasteiger partial charge < -0.3 is 15.2 Å². The van der Waals surface area contributed by atoms with Gasteiger partial charge in [0.2, 0.25) is 11.8 Å². The minimum atomic E-state index is -4.45. The number of carboxylic acids is 1. The molecule has 0 aromatic carbocycles. The van der Waals surface area contributed by atoms with Crippen molar-refractivity contribution in [3.63, 3.8) is 0 Å². The lowest BCUT2D eigenvalue weighted by Crippen LogP contribution is -2.30. The number of carboxylic acid groups (broad SMARTS) is 1. The zero-order valence-electron chi connectivity index (χ0n) is 12.7. The van der Waals surface area contributed by atoms with Gasteiger partial charge in [0.15, 0.2) is 6.61 Å². The molecule has 0 spiro atoms. The Labute approximate surface area is 136 Å². The minimum absolute atomic E-state index is 0.200. The Morgan fingerprint density at radius 3 is 2.58 bits per heavy atom. The lowest BCUT2D eigenvalue weighted by molar-refractivity contribution is -0.154. The highest BCUT2D eigenvalue weighted by molar-refractivity contribution is 5.92. The smallest absolute Gasteiger partial charge is 0.422 e. The molecule has 2 unspecified atom stereocenters. The molecule has 0 bridgehead atoms. The third-order valence-corrected chi connectivity index (χ3v) is 3.78. The summed E-state index contributed by atoms with van der Waals surface area (Å²) in [6.07, 6.45) is -1.14. The van der Waals surface area contributed by atoms with E-state index in [-0.39, 0.29) is 18.2 Å². The first-order valence-corrected chi connectivity index (χ1v) is 7.44. The van der Waals surface area contributed by atoms with Crippen LogP contribution in [0.4, 0.5) is 18.9 Å². The zero-order valence-corrected chi connectivity index (χ0v) is 12.7. The summed E-state index contributed by atoms with van der Waals surface area (Å²) in [5.41, 5.74) is 0.316. The predicted octanol–water partition coefficient (Wildman–Crippen LogP) is 2.85. The van der Waals surface area contributed by atoms with E-state index in [1.54, 1.807) is 0 Å². The van der Waals surface area contributed by atoms with E-state index in [0.717, 1.165) is 0 Å². The molecule has 0 aliphatic heterocycles. The molecule has 1 fully saturated rings. The Hall–Kier alpha value is -2.32. The number of ether oxygens (including phenoxy) is 1. The molecule has 24 heavy (non-hydrogen) atoms. The summed E-state index contributed by atoms with van der Waals surface area (Å²) in [6.45, 7) is -1.44. The first-order chi connectivity index (χ1) is 11.2. The summed E-state index contributed by atoms with van der Waals surface area (Å²) in [7, 11) is 0. The molecule has 9 heteroatoms. The lowest BCUT2D eigenvalue weighted by Gasteiger charge is -2.25. The summed E-state index contributed by atoms with van der Waals surface area (Å²) < 4.78 is 40.6. The summed E-state index contributed by atoms with van der Waals surface area (Å²) in [5, 5.41) is 11.6. The highest BCUT2D eigenvalue weighted by Gasteiger charge is 2.31. The second kappa shape index (κ2) is 7.50. The average Bonchev–Trinajstić information content (AvgIpc) is 2.53. The van der Waals surface area contributed by atoms with Crippen molar-refractivity contribution in [2.24, 2.45) is 11.8 Å². The predicted molar refractivity (Wildman–Crippen MR) is 77.5 cm³/mol. The van der Waals surface area contributed by atoms with Crippen LogP contribution >= 0.6 is 0 Å². The first-order valence-electron chi connectivity index (χ1n) is 7.44. The molecule has 2 N–H and O–H groups in total. The van der Waals surface area contributed by atoms with Gasteiger partial charge in [-0.3, -0.25) is 9.59 Å². The maximum Gasteiger partial charge on any atom is 0.422 e. The molecule has 1 amide bonds. The normalized spacial score (nSPS) is 21.1. The van der Waals surface area contributed by atoms with Crippen LogP contribution in [0.2, 0.25) is 0 Å². The summed E-state index contributed by atoms with van der Waals surface area (Å²) in [4.78, 5) is 26.9. The second-order valence-corrected chi connectivity index (χ2v) is 5.68. The molecule has 1 aromatic rings. The fourth-order valence-electron chi connectivity index (χ4n) is 2.59. The Bertz CT molecular complexity index is 589. The maximum atomic E-state index is 12.2. The maximum absolute atomic E-state index is 12.2. The van der Waals surface area contributed by atoms with Crippen LogP contribution in [0.15, 0.2) is 18.3 Å². The number of nitrogens with zero attached hydrogens (tertiary/aromatic N) is 1. The molecular weight excluding hydrogens is 329 g/mol. The van der Waals surface area contributed by atoms with Gasteiger partial charge in [-0.05, 0) is 25.3 Å². The van der Waals surface area contributed by atoms with Crippen molar-refractivity contribution >= 4 is 17.6 Å². The van der Waals surface area contributed by atoms with Crippen LogP contribution in [0.3, 0.4) is 0 Å². The monoisotopic (exact) mass is 346 g/mol. The third kappa shape index (κ3) is 5.39. The molecule has 1 aliphatic carbocycles. The lowest BCUT2D eigenvalue weighted by atomic mass is 9.81. The zero-order chi connectivity index (χ0) is 17.7. The van der Waals surface area contributed by atoms with Gasteiger partial charge in [-0.1, -0.05) is 6.42 Å². The van der Waals surface area contributed by atoms with Crippen LogP contribution in [-0.2, 0) is 9.59 Å². The number of alkyl halides is 3. The van der Waals surface area contributed by atoms with E-state index in [1.807, 2.05) is 0 Å². The topological polar surface area (TPSA) is 88.5 Å². The van der Waals surface area contributed by atoms with Gasteiger partial charge in [0.25, 0.3) is 0 Å². The van der Waals surface area contributed by atoms with Gasteiger partial charge in [0.1, 0.15) is 0 Å². The van der Waals surface area contributed by atoms with Crippen molar-refractivity contribution in [1.82, 2.24) is 4.98 Å². The van der Waals surface area contributed by atoms with Crippen molar-refractivity contribution < 1.29 is 32.6 Å².